The van der Waals surface area contributed by atoms with E-state index in [1.165, 1.54) is 0 Å². The second-order valence-corrected chi connectivity index (χ2v) is 6.99. The summed E-state index contributed by atoms with van der Waals surface area (Å²) in [5.41, 5.74) is 2.15. The van der Waals surface area contributed by atoms with Crippen molar-refractivity contribution in [3.05, 3.63) is 60.2 Å². The van der Waals surface area contributed by atoms with Crippen LogP contribution in [0.2, 0.25) is 0 Å². The summed E-state index contributed by atoms with van der Waals surface area (Å²) < 4.78 is 10.7. The lowest BCUT2D eigenvalue weighted by Gasteiger charge is -2.14. The molecule has 3 rings (SSSR count). The fourth-order valence-corrected chi connectivity index (χ4v) is 2.99. The van der Waals surface area contributed by atoms with Gasteiger partial charge in [0.15, 0.2) is 17.3 Å². The van der Waals surface area contributed by atoms with E-state index >= 15 is 0 Å². The zero-order valence-electron chi connectivity index (χ0n) is 17.4. The standard InChI is InChI=1S/C23H28N4O2/c1-16(2)25-22-15-21(26-23(27-22)18-8-6-5-7-9-18)24-13-12-17-10-11-19(28-3)20(14-17)29-4/h5-11,14-16H,12-13H2,1-4H3,(H2,24,25,26,27). The van der Waals surface area contributed by atoms with Gasteiger partial charge < -0.3 is 20.1 Å². The number of nitrogens with one attached hydrogen (secondary N) is 2. The Bertz CT molecular complexity index is 929. The number of benzene rings is 2. The van der Waals surface area contributed by atoms with E-state index in [4.69, 9.17) is 14.5 Å². The smallest absolute Gasteiger partial charge is 0.163 e. The first-order chi connectivity index (χ1) is 14.1. The number of ether oxygens (including phenoxy) is 2. The van der Waals surface area contributed by atoms with Crippen LogP contribution in [0.3, 0.4) is 0 Å². The molecule has 0 amide bonds. The van der Waals surface area contributed by atoms with Crippen molar-refractivity contribution in [2.45, 2.75) is 26.3 Å². The van der Waals surface area contributed by atoms with Crippen molar-refractivity contribution in [2.24, 2.45) is 0 Å². The van der Waals surface area contributed by atoms with Gasteiger partial charge in [0.25, 0.3) is 0 Å². The molecule has 152 valence electrons. The number of hydrogen-bond acceptors (Lipinski definition) is 6. The highest BCUT2D eigenvalue weighted by Gasteiger charge is 2.09. The first-order valence-electron chi connectivity index (χ1n) is 9.75. The highest BCUT2D eigenvalue weighted by atomic mass is 16.5. The largest absolute Gasteiger partial charge is 0.493 e. The number of nitrogens with zero attached hydrogens (tertiary/aromatic N) is 2. The number of hydrogen-bond donors (Lipinski definition) is 2. The van der Waals surface area contributed by atoms with E-state index in [1.54, 1.807) is 14.2 Å². The molecule has 0 aliphatic heterocycles. The molecule has 0 spiro atoms. The fourth-order valence-electron chi connectivity index (χ4n) is 2.99. The maximum absolute atomic E-state index is 5.38. The Balaban J connectivity index is 1.74. The highest BCUT2D eigenvalue weighted by Crippen LogP contribution is 2.27. The zero-order valence-corrected chi connectivity index (χ0v) is 17.4. The van der Waals surface area contributed by atoms with Crippen LogP contribution in [0.4, 0.5) is 11.6 Å². The van der Waals surface area contributed by atoms with Gasteiger partial charge >= 0.3 is 0 Å². The maximum atomic E-state index is 5.38. The van der Waals surface area contributed by atoms with Gasteiger partial charge in [-0.15, -0.1) is 0 Å². The van der Waals surface area contributed by atoms with E-state index < -0.39 is 0 Å². The Morgan fingerprint density at radius 3 is 2.28 bits per heavy atom. The second kappa shape index (κ2) is 9.78. The third-order valence-electron chi connectivity index (χ3n) is 4.36. The Morgan fingerprint density at radius 2 is 1.59 bits per heavy atom. The van der Waals surface area contributed by atoms with Crippen LogP contribution in [0.15, 0.2) is 54.6 Å². The van der Waals surface area contributed by atoms with Crippen molar-refractivity contribution < 1.29 is 9.47 Å². The summed E-state index contributed by atoms with van der Waals surface area (Å²) in [5.74, 6) is 3.77. The Hall–Kier alpha value is -3.28. The van der Waals surface area contributed by atoms with Gasteiger partial charge in [-0.2, -0.15) is 0 Å². The molecule has 2 aromatic carbocycles. The normalized spacial score (nSPS) is 10.7. The Morgan fingerprint density at radius 1 is 0.862 bits per heavy atom. The van der Waals surface area contributed by atoms with Crippen LogP contribution in [0.1, 0.15) is 19.4 Å². The monoisotopic (exact) mass is 392 g/mol. The fraction of sp³-hybridized carbons (Fsp3) is 0.304. The van der Waals surface area contributed by atoms with Gasteiger partial charge in [0.1, 0.15) is 11.6 Å². The summed E-state index contributed by atoms with van der Waals surface area (Å²) in [6, 6.07) is 18.2. The van der Waals surface area contributed by atoms with Crippen molar-refractivity contribution in [3.8, 4) is 22.9 Å². The van der Waals surface area contributed by atoms with Gasteiger partial charge in [0.2, 0.25) is 0 Å². The lowest BCUT2D eigenvalue weighted by molar-refractivity contribution is 0.354. The Kier molecular flexibility index (Phi) is 6.89. The molecule has 0 atom stereocenters. The average molecular weight is 393 g/mol. The van der Waals surface area contributed by atoms with Crippen LogP contribution < -0.4 is 20.1 Å². The molecule has 6 nitrogen and oxygen atoms in total. The topological polar surface area (TPSA) is 68.3 Å². The Labute approximate surface area is 172 Å². The molecule has 6 heteroatoms. The second-order valence-electron chi connectivity index (χ2n) is 6.99. The van der Waals surface area contributed by atoms with Gasteiger partial charge in [0, 0.05) is 24.2 Å². The van der Waals surface area contributed by atoms with E-state index in [0.717, 1.165) is 47.2 Å². The predicted octanol–water partition coefficient (Wildman–Crippen LogP) is 4.64. The number of methoxy groups -OCH3 is 2. The molecule has 29 heavy (non-hydrogen) atoms. The summed E-state index contributed by atoms with van der Waals surface area (Å²) in [6.45, 7) is 4.92. The minimum Gasteiger partial charge on any atom is -0.493 e. The van der Waals surface area contributed by atoms with Gasteiger partial charge in [-0.3, -0.25) is 0 Å². The quantitative estimate of drug-likeness (QED) is 0.553. The third-order valence-corrected chi connectivity index (χ3v) is 4.36. The van der Waals surface area contributed by atoms with Crippen LogP contribution >= 0.6 is 0 Å². The van der Waals surface area contributed by atoms with Gasteiger partial charge in [-0.05, 0) is 38.0 Å². The van der Waals surface area contributed by atoms with Gasteiger partial charge in [0.05, 0.1) is 14.2 Å². The van der Waals surface area contributed by atoms with Crippen molar-refractivity contribution in [2.75, 3.05) is 31.4 Å². The van der Waals surface area contributed by atoms with E-state index in [-0.39, 0.29) is 6.04 Å². The summed E-state index contributed by atoms with van der Waals surface area (Å²) in [7, 11) is 3.29. The molecular formula is C23H28N4O2. The van der Waals surface area contributed by atoms with Crippen LogP contribution in [-0.2, 0) is 6.42 Å². The van der Waals surface area contributed by atoms with Crippen molar-refractivity contribution >= 4 is 11.6 Å². The first-order valence-corrected chi connectivity index (χ1v) is 9.75. The molecule has 0 bridgehead atoms. The molecule has 2 N–H and O–H groups in total. The molecule has 1 aromatic heterocycles. The van der Waals surface area contributed by atoms with E-state index in [0.29, 0.717) is 5.82 Å². The third kappa shape index (κ3) is 5.60. The van der Waals surface area contributed by atoms with Crippen LogP contribution in [0.25, 0.3) is 11.4 Å². The molecule has 3 aromatic rings. The number of rotatable bonds is 9. The van der Waals surface area contributed by atoms with E-state index in [1.807, 2.05) is 54.6 Å². The molecule has 0 fully saturated rings. The SMILES string of the molecule is COc1ccc(CCNc2cc(NC(C)C)nc(-c3ccccc3)n2)cc1OC. The van der Waals surface area contributed by atoms with Crippen LogP contribution in [0, 0.1) is 0 Å². The van der Waals surface area contributed by atoms with Crippen LogP contribution in [0.5, 0.6) is 11.5 Å². The summed E-state index contributed by atoms with van der Waals surface area (Å²) in [5, 5.41) is 6.79. The van der Waals surface area contributed by atoms with Crippen molar-refractivity contribution in [1.82, 2.24) is 9.97 Å². The number of aromatic nitrogens is 2. The van der Waals surface area contributed by atoms with E-state index in [2.05, 4.69) is 29.5 Å². The molecule has 0 aliphatic rings. The molecular weight excluding hydrogens is 364 g/mol. The minimum absolute atomic E-state index is 0.285. The lowest BCUT2D eigenvalue weighted by atomic mass is 10.1. The first kappa shape index (κ1) is 20.5. The van der Waals surface area contributed by atoms with Crippen molar-refractivity contribution in [1.29, 1.82) is 0 Å². The minimum atomic E-state index is 0.285. The summed E-state index contributed by atoms with van der Waals surface area (Å²) in [4.78, 5) is 9.36. The molecule has 0 unspecified atom stereocenters. The zero-order chi connectivity index (χ0) is 20.6. The summed E-state index contributed by atoms with van der Waals surface area (Å²) >= 11 is 0. The maximum Gasteiger partial charge on any atom is 0.163 e. The lowest BCUT2D eigenvalue weighted by Crippen LogP contribution is -2.13. The molecule has 0 saturated carbocycles. The molecule has 1 heterocycles. The molecule has 0 aliphatic carbocycles. The number of anilines is 2. The molecule has 0 radical (unpaired) electrons. The predicted molar refractivity (Wildman–Crippen MR) is 118 cm³/mol. The van der Waals surface area contributed by atoms with Gasteiger partial charge in [-0.25, -0.2) is 9.97 Å². The van der Waals surface area contributed by atoms with Gasteiger partial charge in [-0.1, -0.05) is 36.4 Å². The van der Waals surface area contributed by atoms with E-state index in [9.17, 15) is 0 Å². The van der Waals surface area contributed by atoms with Crippen LogP contribution in [-0.4, -0.2) is 36.8 Å². The highest BCUT2D eigenvalue weighted by molar-refractivity contribution is 5.61. The summed E-state index contributed by atoms with van der Waals surface area (Å²) in [6.07, 6.45) is 0.831. The molecule has 0 saturated heterocycles. The average Bonchev–Trinajstić information content (AvgIpc) is 2.73. The van der Waals surface area contributed by atoms with Crippen molar-refractivity contribution in [3.63, 3.8) is 0 Å².